The van der Waals surface area contributed by atoms with Crippen LogP contribution in [0.5, 0.6) is 0 Å². The van der Waals surface area contributed by atoms with Crippen LogP contribution in [0.2, 0.25) is 0 Å². The normalized spacial score (nSPS) is 13.1. The first-order valence-electron chi connectivity index (χ1n) is 28.8. The second-order valence-corrected chi connectivity index (χ2v) is 20.6. The fraction of sp³-hybridized carbons (Fsp3) is 0.817. The molecular weight excluding hydrogens is 863 g/mol. The van der Waals surface area contributed by atoms with E-state index < -0.39 is 24.3 Å². The number of likely N-dealkylation sites (N-methyl/N-ethyl adjacent to an activating group) is 1. The van der Waals surface area contributed by atoms with Crippen LogP contribution in [0.4, 0.5) is 0 Å². The summed E-state index contributed by atoms with van der Waals surface area (Å²) in [7, 11) is 5.97. The number of allylic oxidation sites excluding steroid dienone is 8. The van der Waals surface area contributed by atoms with Crippen LogP contribution in [0.15, 0.2) is 48.6 Å². The van der Waals surface area contributed by atoms with Crippen LogP contribution in [0.3, 0.4) is 0 Å². The van der Waals surface area contributed by atoms with Crippen LogP contribution in [-0.4, -0.2) is 87.4 Å². The van der Waals surface area contributed by atoms with Gasteiger partial charge in [0.05, 0.1) is 34.4 Å². The molecule has 0 saturated heterocycles. The molecule has 2 unspecified atom stereocenters. The van der Waals surface area contributed by atoms with Crippen LogP contribution >= 0.6 is 0 Å². The van der Waals surface area contributed by atoms with Gasteiger partial charge in [-0.05, 0) is 77.0 Å². The molecule has 0 heterocycles. The van der Waals surface area contributed by atoms with E-state index in [1.807, 2.05) is 21.1 Å². The van der Waals surface area contributed by atoms with E-state index in [4.69, 9.17) is 18.9 Å². The maximum atomic E-state index is 12.9. The summed E-state index contributed by atoms with van der Waals surface area (Å²) < 4.78 is 22.9. The molecule has 9 heteroatoms. The van der Waals surface area contributed by atoms with Crippen LogP contribution in [-0.2, 0) is 33.3 Å². The average Bonchev–Trinajstić information content (AvgIpc) is 3.31. The topological polar surface area (TPSA) is 108 Å². The maximum absolute atomic E-state index is 12.9. The van der Waals surface area contributed by atoms with E-state index in [9.17, 15) is 19.5 Å². The fourth-order valence-corrected chi connectivity index (χ4v) is 8.07. The van der Waals surface area contributed by atoms with Gasteiger partial charge in [-0.3, -0.25) is 9.59 Å². The van der Waals surface area contributed by atoms with Crippen molar-refractivity contribution in [3.63, 3.8) is 0 Å². The van der Waals surface area contributed by atoms with Gasteiger partial charge < -0.3 is 28.5 Å². The van der Waals surface area contributed by atoms with E-state index in [0.29, 0.717) is 23.9 Å². The summed E-state index contributed by atoms with van der Waals surface area (Å²) in [6.07, 6.45) is 60.3. The lowest BCUT2D eigenvalue weighted by molar-refractivity contribution is -0.870. The molecule has 0 aromatic heterocycles. The summed E-state index contributed by atoms with van der Waals surface area (Å²) in [5.41, 5.74) is 0. The molecule has 0 bridgehead atoms. The molecule has 0 amide bonds. The molecule has 0 aromatic rings. The summed E-state index contributed by atoms with van der Waals surface area (Å²) in [6, 6.07) is 0. The van der Waals surface area contributed by atoms with Gasteiger partial charge >= 0.3 is 17.9 Å². The third-order valence-electron chi connectivity index (χ3n) is 12.6. The van der Waals surface area contributed by atoms with Gasteiger partial charge in [-0.15, -0.1) is 0 Å². The van der Waals surface area contributed by atoms with Crippen molar-refractivity contribution < 1.29 is 42.9 Å². The highest BCUT2D eigenvalue weighted by atomic mass is 16.7. The Morgan fingerprint density at radius 2 is 0.783 bits per heavy atom. The molecule has 0 rings (SSSR count). The number of carbonyl (C=O) groups is 3. The molecule has 1 N–H and O–H groups in total. The molecule has 0 aliphatic heterocycles. The highest BCUT2D eigenvalue weighted by molar-refractivity contribution is 5.71. The Kier molecular flexibility index (Phi) is 49.5. The van der Waals surface area contributed by atoms with Gasteiger partial charge in [0, 0.05) is 12.8 Å². The molecule has 0 aromatic carbocycles. The van der Waals surface area contributed by atoms with Crippen molar-refractivity contribution in [2.75, 3.05) is 47.5 Å². The molecule has 2 atom stereocenters. The van der Waals surface area contributed by atoms with Gasteiger partial charge in [0.25, 0.3) is 6.29 Å². The summed E-state index contributed by atoms with van der Waals surface area (Å²) >= 11 is 0. The molecule has 0 saturated carbocycles. The van der Waals surface area contributed by atoms with Crippen LogP contribution < -0.4 is 0 Å². The van der Waals surface area contributed by atoms with Gasteiger partial charge in [-0.1, -0.05) is 217 Å². The Morgan fingerprint density at radius 1 is 0.435 bits per heavy atom. The number of hydrogen-bond acceptors (Lipinski definition) is 7. The molecule has 0 spiro atoms. The fourth-order valence-electron chi connectivity index (χ4n) is 8.07. The quantitative estimate of drug-likeness (QED) is 0.0211. The predicted molar refractivity (Wildman–Crippen MR) is 290 cm³/mol. The minimum absolute atomic E-state index is 0.185. The molecule has 0 fully saturated rings. The van der Waals surface area contributed by atoms with Gasteiger partial charge in [0.1, 0.15) is 13.2 Å². The Hall–Kier alpha value is -2.75. The summed E-state index contributed by atoms with van der Waals surface area (Å²) in [5.74, 6) is -2.01. The van der Waals surface area contributed by atoms with Gasteiger partial charge in [-0.25, -0.2) is 4.79 Å². The van der Waals surface area contributed by atoms with E-state index in [0.717, 1.165) is 57.8 Å². The SMILES string of the molecule is CCCCCCC/C=C\C/C=C\C/C=C\CCCCCCCCCCC(=O)OC(COC(=O)CCCCCCCCCCC/C=C\CCCCCCCCCC)COC(OCC[N+](C)(C)C)C(=O)O. The van der Waals surface area contributed by atoms with Crippen molar-refractivity contribution in [1.82, 2.24) is 0 Å². The van der Waals surface area contributed by atoms with Crippen molar-refractivity contribution in [2.45, 2.75) is 270 Å². The third-order valence-corrected chi connectivity index (χ3v) is 12.6. The molecule has 9 nitrogen and oxygen atoms in total. The van der Waals surface area contributed by atoms with E-state index in [2.05, 4.69) is 62.5 Å². The number of carboxylic acid groups (broad SMARTS) is 1. The molecule has 0 aliphatic carbocycles. The first kappa shape index (κ1) is 66.2. The molecule has 0 radical (unpaired) electrons. The van der Waals surface area contributed by atoms with Crippen LogP contribution in [0.25, 0.3) is 0 Å². The monoisotopic (exact) mass is 973 g/mol. The third kappa shape index (κ3) is 52.9. The number of rotatable bonds is 53. The van der Waals surface area contributed by atoms with Crippen molar-refractivity contribution in [1.29, 1.82) is 0 Å². The Morgan fingerprint density at radius 3 is 1.17 bits per heavy atom. The highest BCUT2D eigenvalue weighted by Crippen LogP contribution is 2.16. The molecular formula is C60H110NO8+. The summed E-state index contributed by atoms with van der Waals surface area (Å²) in [6.45, 7) is 4.88. The van der Waals surface area contributed by atoms with E-state index >= 15 is 0 Å². The van der Waals surface area contributed by atoms with Crippen LogP contribution in [0, 0.1) is 0 Å². The van der Waals surface area contributed by atoms with Crippen molar-refractivity contribution in [2.24, 2.45) is 0 Å². The Labute approximate surface area is 425 Å². The lowest BCUT2D eigenvalue weighted by atomic mass is 10.1. The number of hydrogen-bond donors (Lipinski definition) is 1. The average molecular weight is 974 g/mol. The lowest BCUT2D eigenvalue weighted by Gasteiger charge is -2.25. The highest BCUT2D eigenvalue weighted by Gasteiger charge is 2.25. The second-order valence-electron chi connectivity index (χ2n) is 20.6. The van der Waals surface area contributed by atoms with E-state index in [1.54, 1.807) is 0 Å². The second kappa shape index (κ2) is 51.6. The molecule has 0 aliphatic rings. The minimum atomic E-state index is -1.51. The van der Waals surface area contributed by atoms with Crippen molar-refractivity contribution in [3.05, 3.63) is 48.6 Å². The lowest BCUT2D eigenvalue weighted by Crippen LogP contribution is -2.40. The van der Waals surface area contributed by atoms with Gasteiger partial charge in [0.15, 0.2) is 6.10 Å². The summed E-state index contributed by atoms with van der Waals surface area (Å²) in [5, 5.41) is 9.70. The zero-order valence-corrected chi connectivity index (χ0v) is 45.7. The standard InChI is InChI=1S/C60H109NO8/c1-6-8-10-12-14-16-18-20-22-24-26-28-29-31-33-35-37-39-41-43-45-47-49-51-58(63)69-56(55-68-60(59(64)65)66-53-52-61(3,4)5)54-67-57(62)50-48-46-44-42-40-38-36-34-32-30-27-25-23-21-19-17-15-13-11-9-7-2/h18,20,24-27,29,31,56,60H,6-17,19,21-23,28,30,32-55H2,1-5H3/p+1/b20-18-,26-24-,27-25-,31-29-. The van der Waals surface area contributed by atoms with Crippen molar-refractivity contribution in [3.8, 4) is 0 Å². The first-order valence-corrected chi connectivity index (χ1v) is 28.8. The van der Waals surface area contributed by atoms with Gasteiger partial charge in [-0.2, -0.15) is 0 Å². The zero-order chi connectivity index (χ0) is 50.6. The van der Waals surface area contributed by atoms with E-state index in [1.165, 1.54) is 167 Å². The maximum Gasteiger partial charge on any atom is 0.361 e. The molecule has 402 valence electrons. The number of quaternary nitrogens is 1. The minimum Gasteiger partial charge on any atom is -0.477 e. The number of carbonyl (C=O) groups excluding carboxylic acids is 2. The Bertz CT molecular complexity index is 1270. The largest absolute Gasteiger partial charge is 0.477 e. The number of ether oxygens (including phenoxy) is 4. The van der Waals surface area contributed by atoms with Gasteiger partial charge in [0.2, 0.25) is 0 Å². The number of esters is 2. The zero-order valence-electron chi connectivity index (χ0n) is 45.7. The number of unbranched alkanes of at least 4 members (excludes halogenated alkanes) is 30. The van der Waals surface area contributed by atoms with Crippen LogP contribution in [0.1, 0.15) is 258 Å². The Balaban J connectivity index is 4.28. The smallest absolute Gasteiger partial charge is 0.361 e. The summed E-state index contributed by atoms with van der Waals surface area (Å²) in [4.78, 5) is 37.4. The number of nitrogens with zero attached hydrogens (tertiary/aromatic N) is 1. The van der Waals surface area contributed by atoms with Crippen molar-refractivity contribution >= 4 is 17.9 Å². The number of aliphatic carboxylic acids is 1. The molecule has 69 heavy (non-hydrogen) atoms. The predicted octanol–water partition coefficient (Wildman–Crippen LogP) is 16.7. The first-order chi connectivity index (χ1) is 33.6. The number of carboxylic acids is 1. The van der Waals surface area contributed by atoms with E-state index in [-0.39, 0.29) is 32.2 Å².